The van der Waals surface area contributed by atoms with Gasteiger partial charge in [-0.3, -0.25) is 4.99 Å². The van der Waals surface area contributed by atoms with Gasteiger partial charge in [-0.1, -0.05) is 24.3 Å². The normalized spacial score (nSPS) is 14.6. The van der Waals surface area contributed by atoms with Crippen LogP contribution >= 0.6 is 11.3 Å². The lowest BCUT2D eigenvalue weighted by molar-refractivity contribution is 0.122. The summed E-state index contributed by atoms with van der Waals surface area (Å²) in [6.07, 6.45) is 5.21. The third-order valence-electron chi connectivity index (χ3n) is 6.06. The number of anilines is 1. The summed E-state index contributed by atoms with van der Waals surface area (Å²) in [6, 6.07) is 15.4. The van der Waals surface area contributed by atoms with Gasteiger partial charge in [-0.2, -0.15) is 0 Å². The van der Waals surface area contributed by atoms with E-state index in [0.717, 1.165) is 61.7 Å². The van der Waals surface area contributed by atoms with Crippen molar-refractivity contribution in [1.82, 2.24) is 14.5 Å². The van der Waals surface area contributed by atoms with E-state index < -0.39 is 0 Å². The van der Waals surface area contributed by atoms with Crippen LogP contribution in [0.4, 0.5) is 10.1 Å². The van der Waals surface area contributed by atoms with Crippen LogP contribution < -0.4 is 9.70 Å². The number of nitrogens with zero attached hydrogens (tertiary/aromatic N) is 4. The minimum Gasteiger partial charge on any atom is -0.378 e. The Labute approximate surface area is 202 Å². The van der Waals surface area contributed by atoms with E-state index in [2.05, 4.69) is 49.1 Å². The molecule has 4 aromatic rings. The van der Waals surface area contributed by atoms with Crippen molar-refractivity contribution in [3.05, 3.63) is 88.3 Å². The standard InChI is InChI=1S/C26H28FN5OS/c27-22-5-1-20(2-6-22)9-11-29-26-32(12-10-23-17-28-19-30-23)25(18-34-26)21-3-7-24(8-4-21)31-13-15-33-16-14-31/h1-8,17-19H,9-16H2,(H,28,30). The largest absolute Gasteiger partial charge is 0.378 e. The first kappa shape index (κ1) is 22.6. The van der Waals surface area contributed by atoms with E-state index in [1.54, 1.807) is 17.7 Å². The van der Waals surface area contributed by atoms with Gasteiger partial charge in [0.25, 0.3) is 0 Å². The van der Waals surface area contributed by atoms with Crippen LogP contribution in [-0.4, -0.2) is 47.4 Å². The number of hydrogen-bond donors (Lipinski definition) is 1. The number of hydrogen-bond acceptors (Lipinski definition) is 5. The second-order valence-corrected chi connectivity index (χ2v) is 9.12. The molecule has 5 rings (SSSR count). The Morgan fingerprint density at radius 2 is 1.82 bits per heavy atom. The Morgan fingerprint density at radius 3 is 2.56 bits per heavy atom. The highest BCUT2D eigenvalue weighted by Crippen LogP contribution is 2.25. The summed E-state index contributed by atoms with van der Waals surface area (Å²) >= 11 is 1.66. The minimum atomic E-state index is -0.208. The van der Waals surface area contributed by atoms with E-state index in [9.17, 15) is 4.39 Å². The molecule has 2 aromatic carbocycles. The number of nitrogens with one attached hydrogen (secondary N) is 1. The third kappa shape index (κ3) is 5.46. The molecule has 0 saturated carbocycles. The second-order valence-electron chi connectivity index (χ2n) is 8.29. The van der Waals surface area contributed by atoms with Crippen LogP contribution in [0.2, 0.25) is 0 Å². The molecule has 0 amide bonds. The first-order valence-electron chi connectivity index (χ1n) is 11.6. The average molecular weight is 478 g/mol. The zero-order valence-corrected chi connectivity index (χ0v) is 19.8. The quantitative estimate of drug-likeness (QED) is 0.412. The lowest BCUT2D eigenvalue weighted by atomic mass is 10.1. The molecule has 6 nitrogen and oxygen atoms in total. The number of rotatable bonds is 8. The van der Waals surface area contributed by atoms with E-state index >= 15 is 0 Å². The summed E-state index contributed by atoms with van der Waals surface area (Å²) in [6.45, 7) is 4.89. The number of ether oxygens (including phenoxy) is 1. The number of aromatic nitrogens is 3. The van der Waals surface area contributed by atoms with Crippen molar-refractivity contribution in [3.63, 3.8) is 0 Å². The van der Waals surface area contributed by atoms with Crippen LogP contribution in [0, 0.1) is 5.82 Å². The first-order valence-corrected chi connectivity index (χ1v) is 12.5. The number of aryl methyl sites for hydroxylation is 1. The molecule has 0 radical (unpaired) electrons. The maximum absolute atomic E-state index is 13.2. The topological polar surface area (TPSA) is 58.4 Å². The summed E-state index contributed by atoms with van der Waals surface area (Å²) in [5, 5.41) is 2.19. The number of H-pyrrole nitrogens is 1. The molecule has 0 aliphatic carbocycles. The smallest absolute Gasteiger partial charge is 0.185 e. The lowest BCUT2D eigenvalue weighted by Crippen LogP contribution is -2.36. The van der Waals surface area contributed by atoms with Gasteiger partial charge >= 0.3 is 0 Å². The zero-order valence-electron chi connectivity index (χ0n) is 19.0. The van der Waals surface area contributed by atoms with Crippen molar-refractivity contribution in [2.75, 3.05) is 37.7 Å². The van der Waals surface area contributed by atoms with E-state index in [1.807, 2.05) is 18.3 Å². The van der Waals surface area contributed by atoms with Gasteiger partial charge in [0.15, 0.2) is 4.80 Å². The molecule has 1 saturated heterocycles. The summed E-state index contributed by atoms with van der Waals surface area (Å²) < 4.78 is 21.0. The van der Waals surface area contributed by atoms with E-state index in [4.69, 9.17) is 9.73 Å². The van der Waals surface area contributed by atoms with Gasteiger partial charge in [-0.15, -0.1) is 11.3 Å². The maximum Gasteiger partial charge on any atom is 0.185 e. The molecule has 0 bridgehead atoms. The Morgan fingerprint density at radius 1 is 1.03 bits per heavy atom. The van der Waals surface area contributed by atoms with E-state index in [1.165, 1.54) is 29.1 Å². The predicted octanol–water partition coefficient (Wildman–Crippen LogP) is 4.30. The van der Waals surface area contributed by atoms with Gasteiger partial charge in [-0.25, -0.2) is 9.37 Å². The Bertz CT molecular complexity index is 1240. The first-order chi connectivity index (χ1) is 16.8. The maximum atomic E-state index is 13.2. The van der Waals surface area contributed by atoms with Crippen LogP contribution in [0.25, 0.3) is 11.3 Å². The second kappa shape index (κ2) is 10.8. The fourth-order valence-corrected chi connectivity index (χ4v) is 5.11. The van der Waals surface area contributed by atoms with Crippen molar-refractivity contribution in [2.45, 2.75) is 19.4 Å². The van der Waals surface area contributed by atoms with Gasteiger partial charge in [0.1, 0.15) is 5.82 Å². The van der Waals surface area contributed by atoms with Crippen LogP contribution in [0.15, 0.2) is 71.4 Å². The fraction of sp³-hybridized carbons (Fsp3) is 0.308. The number of aromatic amines is 1. The number of morpholine rings is 1. The van der Waals surface area contributed by atoms with Gasteiger partial charge in [-0.05, 0) is 41.8 Å². The van der Waals surface area contributed by atoms with Gasteiger partial charge in [0, 0.05) is 55.6 Å². The number of benzene rings is 2. The summed E-state index contributed by atoms with van der Waals surface area (Å²) in [7, 11) is 0. The van der Waals surface area contributed by atoms with Crippen molar-refractivity contribution in [3.8, 4) is 11.3 Å². The highest BCUT2D eigenvalue weighted by molar-refractivity contribution is 7.07. The summed E-state index contributed by atoms with van der Waals surface area (Å²) in [5.74, 6) is -0.208. The van der Waals surface area contributed by atoms with Crippen LogP contribution in [0.3, 0.4) is 0 Å². The Balaban J connectivity index is 1.38. The molecule has 1 aliphatic rings. The van der Waals surface area contributed by atoms with Gasteiger partial charge in [0.2, 0.25) is 0 Å². The molecule has 34 heavy (non-hydrogen) atoms. The minimum absolute atomic E-state index is 0.208. The number of thiazole rings is 1. The highest BCUT2D eigenvalue weighted by atomic mass is 32.1. The monoisotopic (exact) mass is 477 g/mol. The molecule has 176 valence electrons. The molecular weight excluding hydrogens is 449 g/mol. The Kier molecular flexibility index (Phi) is 7.16. The lowest BCUT2D eigenvalue weighted by Gasteiger charge is -2.28. The molecule has 8 heteroatoms. The van der Waals surface area contributed by atoms with Crippen LogP contribution in [0.1, 0.15) is 11.3 Å². The fourth-order valence-electron chi connectivity index (χ4n) is 4.15. The molecule has 0 spiro atoms. The molecular formula is C26H28FN5OS. The molecule has 1 aliphatic heterocycles. The molecule has 3 heterocycles. The van der Waals surface area contributed by atoms with E-state index in [0.29, 0.717) is 6.54 Å². The number of imidazole rings is 1. The molecule has 0 atom stereocenters. The SMILES string of the molecule is Fc1ccc(CCN=c2scc(-c3ccc(N4CCOCC4)cc3)n2CCc2cnc[nH]2)cc1. The van der Waals surface area contributed by atoms with Crippen molar-refractivity contribution in [1.29, 1.82) is 0 Å². The highest BCUT2D eigenvalue weighted by Gasteiger charge is 2.13. The van der Waals surface area contributed by atoms with E-state index in [-0.39, 0.29) is 5.82 Å². The number of halogens is 1. The molecule has 1 N–H and O–H groups in total. The molecule has 1 fully saturated rings. The summed E-state index contributed by atoms with van der Waals surface area (Å²) in [4.78, 5) is 15.6. The van der Waals surface area contributed by atoms with Gasteiger partial charge < -0.3 is 19.2 Å². The third-order valence-corrected chi connectivity index (χ3v) is 6.96. The van der Waals surface area contributed by atoms with Gasteiger partial charge in [0.05, 0.1) is 25.2 Å². The summed E-state index contributed by atoms with van der Waals surface area (Å²) in [5.41, 5.74) is 5.76. The average Bonchev–Trinajstić information content (AvgIpc) is 3.55. The van der Waals surface area contributed by atoms with Crippen molar-refractivity contribution in [2.24, 2.45) is 4.99 Å². The zero-order chi connectivity index (χ0) is 23.2. The Hall–Kier alpha value is -3.23. The van der Waals surface area contributed by atoms with Crippen molar-refractivity contribution < 1.29 is 9.13 Å². The van der Waals surface area contributed by atoms with Crippen LogP contribution in [0.5, 0.6) is 0 Å². The van der Waals surface area contributed by atoms with Crippen LogP contribution in [-0.2, 0) is 24.1 Å². The molecule has 2 aromatic heterocycles. The van der Waals surface area contributed by atoms with Crippen molar-refractivity contribution >= 4 is 17.0 Å². The molecule has 0 unspecified atom stereocenters. The predicted molar refractivity (Wildman–Crippen MR) is 134 cm³/mol.